The highest BCUT2D eigenvalue weighted by molar-refractivity contribution is 7.45. The summed E-state index contributed by atoms with van der Waals surface area (Å²) in [5.74, 6) is -0.160. The highest BCUT2D eigenvalue weighted by Crippen LogP contribution is 2.38. The highest BCUT2D eigenvalue weighted by Gasteiger charge is 2.24. The first-order valence-corrected chi connectivity index (χ1v) is 33.4. The third kappa shape index (κ3) is 58.1. The van der Waals surface area contributed by atoms with E-state index in [1.165, 1.54) is 218 Å². The van der Waals surface area contributed by atoms with Crippen LogP contribution < -0.4 is 10.2 Å². The number of unbranched alkanes of at least 4 members (excludes halogenated alkanes) is 38. The van der Waals surface area contributed by atoms with Gasteiger partial charge in [-0.05, 0) is 51.4 Å². The van der Waals surface area contributed by atoms with Crippen molar-refractivity contribution in [3.05, 3.63) is 48.6 Å². The van der Waals surface area contributed by atoms with Gasteiger partial charge < -0.3 is 28.8 Å². The van der Waals surface area contributed by atoms with E-state index < -0.39 is 20.0 Å². The Morgan fingerprint density at radius 3 is 1.20 bits per heavy atom. The summed E-state index contributed by atoms with van der Waals surface area (Å²) >= 11 is 0. The molecule has 0 aliphatic carbocycles. The van der Waals surface area contributed by atoms with Crippen molar-refractivity contribution in [3.63, 3.8) is 0 Å². The second kappa shape index (κ2) is 56.2. The third-order valence-electron chi connectivity index (χ3n) is 14.6. The molecule has 0 aromatic rings. The zero-order valence-corrected chi connectivity index (χ0v) is 50.7. The van der Waals surface area contributed by atoms with Gasteiger partial charge >= 0.3 is 0 Å². The number of carbonyl (C=O) groups excluding carboxylic acids is 1. The maximum atomic E-state index is 13.0. The molecule has 0 radical (unpaired) electrons. The van der Waals surface area contributed by atoms with E-state index in [1.54, 1.807) is 0 Å². The number of phosphoric acid groups is 1. The molecule has 0 saturated carbocycles. The van der Waals surface area contributed by atoms with Crippen LogP contribution in [0, 0.1) is 0 Å². The number of aliphatic hydroxyl groups excluding tert-OH is 1. The summed E-state index contributed by atoms with van der Waals surface area (Å²) in [4.78, 5) is 25.5. The van der Waals surface area contributed by atoms with Crippen LogP contribution in [0.5, 0.6) is 0 Å². The number of likely N-dealkylation sites (N-methyl/N-ethyl adjacent to an activating group) is 1. The molecule has 0 aliphatic heterocycles. The molecule has 1 amide bonds. The molecule has 0 bridgehead atoms. The molecule has 0 spiro atoms. The summed E-state index contributed by atoms with van der Waals surface area (Å²) in [6.07, 6.45) is 74.9. The lowest BCUT2D eigenvalue weighted by molar-refractivity contribution is -0.870. The predicted molar refractivity (Wildman–Crippen MR) is 321 cm³/mol. The Hall–Kier alpha value is -1.54. The van der Waals surface area contributed by atoms with Crippen LogP contribution in [-0.2, 0) is 18.4 Å². The Morgan fingerprint density at radius 1 is 0.486 bits per heavy atom. The maximum Gasteiger partial charge on any atom is 0.268 e. The number of carbonyl (C=O) groups is 1. The standard InChI is InChI=1S/C65H125N2O6P/c1-6-8-10-12-14-16-18-19-20-21-22-23-24-25-26-27-28-29-30-31-32-33-34-35-36-37-38-39-40-41-42-43-44-45-46-47-49-51-53-55-57-59-65(69)66-63(62-73-74(70,71)72-61-60-67(3,4)5)64(68)58-56-54-52-50-48-17-15-13-11-9-7-2/h8,10,14,16,19-20,22-23,63-64,68H,6-7,9,11-13,15,17-18,21,24-62H2,1-5H3,(H-,66,69,70,71)/b10-8-,16-14-,20-19-,23-22-. The van der Waals surface area contributed by atoms with E-state index in [9.17, 15) is 19.4 Å². The number of rotatable bonds is 59. The molecule has 0 rings (SSSR count). The van der Waals surface area contributed by atoms with Crippen molar-refractivity contribution in [3.8, 4) is 0 Å². The number of amides is 1. The molecule has 436 valence electrons. The normalized spacial score (nSPS) is 14.1. The summed E-state index contributed by atoms with van der Waals surface area (Å²) in [5, 5.41) is 14.0. The third-order valence-corrected chi connectivity index (χ3v) is 15.5. The zero-order valence-electron chi connectivity index (χ0n) is 49.8. The molecule has 3 atom stereocenters. The lowest BCUT2D eigenvalue weighted by Gasteiger charge is -2.30. The fourth-order valence-corrected chi connectivity index (χ4v) is 10.3. The number of nitrogens with zero attached hydrogens (tertiary/aromatic N) is 1. The van der Waals surface area contributed by atoms with Crippen LogP contribution in [0.25, 0.3) is 0 Å². The first-order valence-electron chi connectivity index (χ1n) is 32.0. The molecule has 74 heavy (non-hydrogen) atoms. The van der Waals surface area contributed by atoms with Crippen molar-refractivity contribution in [1.82, 2.24) is 5.32 Å². The van der Waals surface area contributed by atoms with Gasteiger partial charge in [0.15, 0.2) is 0 Å². The Morgan fingerprint density at radius 2 is 0.824 bits per heavy atom. The van der Waals surface area contributed by atoms with E-state index in [4.69, 9.17) is 9.05 Å². The van der Waals surface area contributed by atoms with E-state index in [0.717, 1.165) is 64.2 Å². The fraction of sp³-hybridized carbons (Fsp3) is 0.862. The molecular formula is C65H125N2O6P. The van der Waals surface area contributed by atoms with Crippen LogP contribution in [0.3, 0.4) is 0 Å². The molecule has 0 aromatic heterocycles. The zero-order chi connectivity index (χ0) is 54.2. The first-order chi connectivity index (χ1) is 36.0. The van der Waals surface area contributed by atoms with Crippen LogP contribution >= 0.6 is 7.82 Å². The van der Waals surface area contributed by atoms with Gasteiger partial charge in [-0.25, -0.2) is 0 Å². The molecule has 3 unspecified atom stereocenters. The average Bonchev–Trinajstić information content (AvgIpc) is 3.36. The van der Waals surface area contributed by atoms with Crippen LogP contribution in [0.15, 0.2) is 48.6 Å². The maximum absolute atomic E-state index is 13.0. The molecular weight excluding hydrogens is 936 g/mol. The van der Waals surface area contributed by atoms with Gasteiger partial charge in [0.05, 0.1) is 39.9 Å². The molecule has 0 fully saturated rings. The number of nitrogens with one attached hydrogen (secondary N) is 1. The number of quaternary nitrogens is 1. The molecule has 0 saturated heterocycles. The van der Waals surface area contributed by atoms with Gasteiger partial charge in [-0.3, -0.25) is 9.36 Å². The van der Waals surface area contributed by atoms with Crippen LogP contribution in [0.2, 0.25) is 0 Å². The van der Waals surface area contributed by atoms with Crippen LogP contribution in [0.1, 0.15) is 309 Å². The summed E-state index contributed by atoms with van der Waals surface area (Å²) in [5.41, 5.74) is 0. The Balaban J connectivity index is 3.78. The Kier molecular flexibility index (Phi) is 55.0. The Labute approximate surface area is 460 Å². The molecule has 0 heterocycles. The number of hydrogen-bond acceptors (Lipinski definition) is 6. The molecule has 0 aliphatic rings. The summed E-state index contributed by atoms with van der Waals surface area (Å²) in [6, 6.07) is -0.797. The van der Waals surface area contributed by atoms with Gasteiger partial charge in [0, 0.05) is 6.42 Å². The van der Waals surface area contributed by atoms with Gasteiger partial charge in [-0.1, -0.05) is 300 Å². The lowest BCUT2D eigenvalue weighted by Crippen LogP contribution is -2.46. The number of hydrogen-bond donors (Lipinski definition) is 2. The quantitative estimate of drug-likeness (QED) is 0.0272. The van der Waals surface area contributed by atoms with Crippen molar-refractivity contribution in [2.45, 2.75) is 321 Å². The Bertz CT molecular complexity index is 1340. The van der Waals surface area contributed by atoms with Crippen LogP contribution in [0.4, 0.5) is 0 Å². The summed E-state index contributed by atoms with van der Waals surface area (Å²) < 4.78 is 23.4. The second-order valence-corrected chi connectivity index (χ2v) is 24.5. The smallest absolute Gasteiger partial charge is 0.268 e. The molecule has 8 nitrogen and oxygen atoms in total. The average molecular weight is 1060 g/mol. The van der Waals surface area contributed by atoms with Crippen LogP contribution in [-0.4, -0.2) is 68.5 Å². The van der Waals surface area contributed by atoms with Crippen molar-refractivity contribution in [1.29, 1.82) is 0 Å². The van der Waals surface area contributed by atoms with Gasteiger partial charge in [0.2, 0.25) is 5.91 Å². The SMILES string of the molecule is CC/C=C\C/C=C\C/C=C\C/C=C\CCCCCCCCCCCCCCCCCCCCCCCCCCCCCCC(=O)NC(COP(=O)([O-])OCC[N+](C)(C)C)C(O)CCCCCCCCCCCCC. The molecule has 9 heteroatoms. The summed E-state index contributed by atoms with van der Waals surface area (Å²) in [7, 11) is 1.32. The van der Waals surface area contributed by atoms with E-state index in [1.807, 2.05) is 21.1 Å². The summed E-state index contributed by atoms with van der Waals surface area (Å²) in [6.45, 7) is 4.62. The second-order valence-electron chi connectivity index (χ2n) is 23.1. The number of phosphoric ester groups is 1. The minimum Gasteiger partial charge on any atom is -0.756 e. The van der Waals surface area contributed by atoms with Gasteiger partial charge in [-0.2, -0.15) is 0 Å². The van der Waals surface area contributed by atoms with E-state index >= 15 is 0 Å². The van der Waals surface area contributed by atoms with Gasteiger partial charge in [0.25, 0.3) is 7.82 Å². The molecule has 0 aromatic carbocycles. The topological polar surface area (TPSA) is 108 Å². The lowest BCUT2D eigenvalue weighted by atomic mass is 10.0. The van der Waals surface area contributed by atoms with E-state index in [2.05, 4.69) is 67.8 Å². The van der Waals surface area contributed by atoms with E-state index in [-0.39, 0.29) is 19.1 Å². The largest absolute Gasteiger partial charge is 0.756 e. The van der Waals surface area contributed by atoms with E-state index in [0.29, 0.717) is 23.9 Å². The monoisotopic (exact) mass is 1060 g/mol. The number of allylic oxidation sites excluding steroid dienone is 8. The predicted octanol–water partition coefficient (Wildman–Crippen LogP) is 19.2. The minimum absolute atomic E-state index is 0.0142. The molecule has 2 N–H and O–H groups in total. The fourth-order valence-electron chi connectivity index (χ4n) is 9.62. The van der Waals surface area contributed by atoms with Gasteiger partial charge in [0.1, 0.15) is 13.2 Å². The first kappa shape index (κ1) is 72.5. The van der Waals surface area contributed by atoms with Crippen molar-refractivity contribution < 1.29 is 32.9 Å². The van der Waals surface area contributed by atoms with Crippen molar-refractivity contribution >= 4 is 13.7 Å². The van der Waals surface area contributed by atoms with Crippen molar-refractivity contribution in [2.75, 3.05) is 40.9 Å². The number of aliphatic hydroxyl groups is 1. The van der Waals surface area contributed by atoms with Gasteiger partial charge in [-0.15, -0.1) is 0 Å². The minimum atomic E-state index is -4.57. The highest BCUT2D eigenvalue weighted by atomic mass is 31.2. The van der Waals surface area contributed by atoms with Crippen molar-refractivity contribution in [2.24, 2.45) is 0 Å².